The van der Waals surface area contributed by atoms with E-state index >= 15 is 0 Å². The summed E-state index contributed by atoms with van der Waals surface area (Å²) < 4.78 is 6.61. The Hall–Kier alpha value is -1.66. The third kappa shape index (κ3) is 3.96. The SMILES string of the molecule is Cc1cc(Nc2ccccc2Br)nc(NCC2CCCO2)n1. The van der Waals surface area contributed by atoms with E-state index in [1.54, 1.807) is 0 Å². The highest BCUT2D eigenvalue weighted by Gasteiger charge is 2.15. The van der Waals surface area contributed by atoms with Crippen molar-refractivity contribution in [3.63, 3.8) is 0 Å². The molecule has 0 aliphatic carbocycles. The topological polar surface area (TPSA) is 59.1 Å². The zero-order valence-electron chi connectivity index (χ0n) is 12.5. The number of rotatable bonds is 5. The van der Waals surface area contributed by atoms with Crippen LogP contribution in [-0.2, 0) is 4.74 Å². The summed E-state index contributed by atoms with van der Waals surface area (Å²) in [6, 6.07) is 9.89. The lowest BCUT2D eigenvalue weighted by Crippen LogP contribution is -2.20. The zero-order valence-corrected chi connectivity index (χ0v) is 14.1. The van der Waals surface area contributed by atoms with Gasteiger partial charge < -0.3 is 15.4 Å². The number of anilines is 3. The summed E-state index contributed by atoms with van der Waals surface area (Å²) in [7, 11) is 0. The molecule has 1 aliphatic rings. The van der Waals surface area contributed by atoms with Gasteiger partial charge in [0.2, 0.25) is 5.95 Å². The molecule has 1 aromatic heterocycles. The first-order chi connectivity index (χ1) is 10.7. The molecule has 1 unspecified atom stereocenters. The third-order valence-corrected chi connectivity index (χ3v) is 4.19. The molecule has 22 heavy (non-hydrogen) atoms. The monoisotopic (exact) mass is 362 g/mol. The van der Waals surface area contributed by atoms with Crippen LogP contribution in [0.15, 0.2) is 34.8 Å². The minimum Gasteiger partial charge on any atom is -0.376 e. The van der Waals surface area contributed by atoms with E-state index < -0.39 is 0 Å². The van der Waals surface area contributed by atoms with Crippen molar-refractivity contribution in [3.05, 3.63) is 40.5 Å². The lowest BCUT2D eigenvalue weighted by Gasteiger charge is -2.13. The number of aryl methyl sites for hydroxylation is 1. The fourth-order valence-corrected chi connectivity index (χ4v) is 2.81. The van der Waals surface area contributed by atoms with E-state index in [2.05, 4.69) is 36.5 Å². The third-order valence-electron chi connectivity index (χ3n) is 3.50. The number of ether oxygens (including phenoxy) is 1. The van der Waals surface area contributed by atoms with Crippen LogP contribution in [0.25, 0.3) is 0 Å². The summed E-state index contributed by atoms with van der Waals surface area (Å²) in [5.41, 5.74) is 1.89. The van der Waals surface area contributed by atoms with Crippen molar-refractivity contribution in [2.75, 3.05) is 23.8 Å². The molecule has 0 radical (unpaired) electrons. The molecule has 1 atom stereocenters. The lowest BCUT2D eigenvalue weighted by atomic mass is 10.2. The van der Waals surface area contributed by atoms with Crippen LogP contribution < -0.4 is 10.6 Å². The van der Waals surface area contributed by atoms with E-state index in [1.165, 1.54) is 0 Å². The van der Waals surface area contributed by atoms with E-state index in [1.807, 2.05) is 37.3 Å². The molecule has 0 amide bonds. The Morgan fingerprint density at radius 2 is 2.18 bits per heavy atom. The number of nitrogens with one attached hydrogen (secondary N) is 2. The van der Waals surface area contributed by atoms with E-state index in [0.29, 0.717) is 5.95 Å². The maximum atomic E-state index is 5.61. The minimum absolute atomic E-state index is 0.267. The second-order valence-electron chi connectivity index (χ2n) is 5.34. The van der Waals surface area contributed by atoms with Gasteiger partial charge in [0.15, 0.2) is 0 Å². The molecule has 1 aromatic carbocycles. The van der Waals surface area contributed by atoms with E-state index in [9.17, 15) is 0 Å². The molecule has 1 fully saturated rings. The molecular weight excluding hydrogens is 344 g/mol. The van der Waals surface area contributed by atoms with Crippen LogP contribution >= 0.6 is 15.9 Å². The number of aromatic nitrogens is 2. The Bertz CT molecular complexity index is 644. The van der Waals surface area contributed by atoms with Gasteiger partial charge in [0.1, 0.15) is 5.82 Å². The smallest absolute Gasteiger partial charge is 0.224 e. The van der Waals surface area contributed by atoms with Gasteiger partial charge in [0.05, 0.1) is 11.8 Å². The molecule has 0 saturated carbocycles. The van der Waals surface area contributed by atoms with Gasteiger partial charge in [-0.1, -0.05) is 12.1 Å². The molecule has 1 aliphatic heterocycles. The number of nitrogens with zero attached hydrogens (tertiary/aromatic N) is 2. The van der Waals surface area contributed by atoms with Gasteiger partial charge in [-0.25, -0.2) is 4.98 Å². The van der Waals surface area contributed by atoms with Gasteiger partial charge in [0, 0.05) is 29.4 Å². The standard InChI is InChI=1S/C16H19BrN4O/c1-11-9-15(20-14-7-3-2-6-13(14)17)21-16(19-11)18-10-12-5-4-8-22-12/h2-3,6-7,9,12H,4-5,8,10H2,1H3,(H2,18,19,20,21). The van der Waals surface area contributed by atoms with Gasteiger partial charge in [0.25, 0.3) is 0 Å². The number of benzene rings is 1. The Labute approximate surface area is 138 Å². The van der Waals surface area contributed by atoms with Crippen molar-refractivity contribution in [1.82, 2.24) is 9.97 Å². The van der Waals surface area contributed by atoms with Crippen molar-refractivity contribution in [2.45, 2.75) is 25.9 Å². The van der Waals surface area contributed by atoms with E-state index in [0.717, 1.165) is 47.7 Å². The summed E-state index contributed by atoms with van der Waals surface area (Å²) in [5, 5.41) is 6.58. The van der Waals surface area contributed by atoms with Gasteiger partial charge in [-0.2, -0.15) is 4.98 Å². The highest BCUT2D eigenvalue weighted by atomic mass is 79.9. The molecule has 3 rings (SSSR count). The fourth-order valence-electron chi connectivity index (χ4n) is 2.42. The van der Waals surface area contributed by atoms with Crippen LogP contribution in [0.3, 0.4) is 0 Å². The summed E-state index contributed by atoms with van der Waals surface area (Å²) in [4.78, 5) is 8.95. The average Bonchev–Trinajstić information content (AvgIpc) is 3.00. The molecule has 5 nitrogen and oxygen atoms in total. The number of hydrogen-bond donors (Lipinski definition) is 2. The van der Waals surface area contributed by atoms with Crippen LogP contribution in [0, 0.1) is 6.92 Å². The van der Waals surface area contributed by atoms with Crippen LogP contribution in [0.1, 0.15) is 18.5 Å². The molecular formula is C16H19BrN4O. The van der Waals surface area contributed by atoms with Gasteiger partial charge >= 0.3 is 0 Å². The first kappa shape index (κ1) is 15.2. The van der Waals surface area contributed by atoms with Gasteiger partial charge in [-0.3, -0.25) is 0 Å². The Balaban J connectivity index is 1.70. The normalized spacial score (nSPS) is 17.5. The average molecular weight is 363 g/mol. The van der Waals surface area contributed by atoms with Crippen molar-refractivity contribution >= 4 is 33.4 Å². The second kappa shape index (κ2) is 7.07. The molecule has 2 aromatic rings. The molecule has 2 N–H and O–H groups in total. The molecule has 6 heteroatoms. The summed E-state index contributed by atoms with van der Waals surface area (Å²) in [6.45, 7) is 3.57. The minimum atomic E-state index is 0.267. The molecule has 0 bridgehead atoms. The number of para-hydroxylation sites is 1. The molecule has 116 valence electrons. The fraction of sp³-hybridized carbons (Fsp3) is 0.375. The maximum absolute atomic E-state index is 5.61. The lowest BCUT2D eigenvalue weighted by molar-refractivity contribution is 0.120. The quantitative estimate of drug-likeness (QED) is 0.844. The summed E-state index contributed by atoms with van der Waals surface area (Å²) >= 11 is 3.53. The highest BCUT2D eigenvalue weighted by molar-refractivity contribution is 9.10. The molecule has 2 heterocycles. The second-order valence-corrected chi connectivity index (χ2v) is 6.19. The summed E-state index contributed by atoms with van der Waals surface area (Å²) in [6.07, 6.45) is 2.50. The first-order valence-electron chi connectivity index (χ1n) is 7.43. The van der Waals surface area contributed by atoms with E-state index in [4.69, 9.17) is 4.74 Å². The van der Waals surface area contributed by atoms with Crippen LogP contribution in [0.5, 0.6) is 0 Å². The van der Waals surface area contributed by atoms with Gasteiger partial charge in [-0.15, -0.1) is 0 Å². The first-order valence-corrected chi connectivity index (χ1v) is 8.23. The Kier molecular flexibility index (Phi) is 4.90. The predicted octanol–water partition coefficient (Wildman–Crippen LogP) is 3.88. The van der Waals surface area contributed by atoms with Crippen molar-refractivity contribution < 1.29 is 4.74 Å². The maximum Gasteiger partial charge on any atom is 0.224 e. The number of halogens is 1. The Morgan fingerprint density at radius 1 is 1.32 bits per heavy atom. The zero-order chi connectivity index (χ0) is 15.4. The summed E-state index contributed by atoms with van der Waals surface area (Å²) in [5.74, 6) is 1.40. The Morgan fingerprint density at radius 3 is 2.95 bits per heavy atom. The highest BCUT2D eigenvalue weighted by Crippen LogP contribution is 2.25. The van der Waals surface area contributed by atoms with E-state index in [-0.39, 0.29) is 6.10 Å². The predicted molar refractivity (Wildman–Crippen MR) is 91.7 cm³/mol. The molecule has 1 saturated heterocycles. The van der Waals surface area contributed by atoms with Crippen LogP contribution in [-0.4, -0.2) is 29.2 Å². The van der Waals surface area contributed by atoms with Crippen molar-refractivity contribution in [1.29, 1.82) is 0 Å². The largest absolute Gasteiger partial charge is 0.376 e. The van der Waals surface area contributed by atoms with Gasteiger partial charge in [-0.05, 0) is 47.8 Å². The van der Waals surface area contributed by atoms with Crippen LogP contribution in [0.2, 0.25) is 0 Å². The molecule has 0 spiro atoms. The number of hydrogen-bond acceptors (Lipinski definition) is 5. The van der Waals surface area contributed by atoms with Crippen LogP contribution in [0.4, 0.5) is 17.5 Å². The van der Waals surface area contributed by atoms with Crippen molar-refractivity contribution in [2.24, 2.45) is 0 Å². The van der Waals surface area contributed by atoms with Crippen molar-refractivity contribution in [3.8, 4) is 0 Å².